The summed E-state index contributed by atoms with van der Waals surface area (Å²) in [5, 5.41) is 1.80. The fraction of sp³-hybridized carbons (Fsp3) is 0. The molecule has 0 fully saturated rings. The zero-order valence-corrected chi connectivity index (χ0v) is 21.6. The Labute approximate surface area is 217 Å². The van der Waals surface area contributed by atoms with E-state index in [0.29, 0.717) is 5.69 Å². The van der Waals surface area contributed by atoms with E-state index in [1.54, 1.807) is 36.4 Å². The number of para-hydroxylation sites is 2. The first-order chi connectivity index (χ1) is 18.1. The van der Waals surface area contributed by atoms with Crippen LogP contribution in [0.1, 0.15) is 0 Å². The monoisotopic (exact) mass is 598 g/mol. The van der Waals surface area contributed by atoms with Gasteiger partial charge in [0.25, 0.3) is 0 Å². The van der Waals surface area contributed by atoms with Crippen LogP contribution in [-0.4, -0.2) is 11.3 Å². The minimum atomic E-state index is -5.70. The number of aromatic nitrogens is 1. The molecule has 5 aromatic carbocycles. The van der Waals surface area contributed by atoms with Crippen molar-refractivity contribution in [1.29, 1.82) is 0 Å². The van der Waals surface area contributed by atoms with Gasteiger partial charge in [0, 0.05) is 0 Å². The summed E-state index contributed by atoms with van der Waals surface area (Å²) in [5.74, 6) is 1.53. The van der Waals surface area contributed by atoms with E-state index in [9.17, 15) is 0 Å². The molecule has 0 N–H and O–H groups in total. The first-order valence-corrected chi connectivity index (χ1v) is 15.7. The molecule has 3 nitrogen and oxygen atoms in total. The number of nitrogens with zero attached hydrogens (tertiary/aromatic N) is 2. The first kappa shape index (κ1) is 21.3. The van der Waals surface area contributed by atoms with Crippen molar-refractivity contribution >= 4 is 70.0 Å². The van der Waals surface area contributed by atoms with Gasteiger partial charge in [0.2, 0.25) is 0 Å². The standard InChI is InChI=1S/C30H18BF2IN2O/c32-34(33,35-20-9-2-1-3-10-20)19-17-22-21-11-4-6-13-25(21)36-26-14-8-16-28-29(26)31(24(18-19)30(22)36)23-12-5-7-15-27(23)37-28/h1-18H. The Morgan fingerprint density at radius 1 is 0.703 bits per heavy atom. The van der Waals surface area contributed by atoms with E-state index < -0.39 is 19.4 Å². The van der Waals surface area contributed by atoms with E-state index in [4.69, 9.17) is 4.74 Å². The Morgan fingerprint density at radius 3 is 2.35 bits per heavy atom. The molecule has 0 bridgehead atoms. The van der Waals surface area contributed by atoms with E-state index in [1.165, 1.54) is 0 Å². The second-order valence-electron chi connectivity index (χ2n) is 9.33. The molecule has 0 saturated carbocycles. The van der Waals surface area contributed by atoms with Gasteiger partial charge in [0.15, 0.2) is 0 Å². The summed E-state index contributed by atoms with van der Waals surface area (Å²) in [6.07, 6.45) is 0. The third-order valence-electron chi connectivity index (χ3n) is 7.32. The second-order valence-corrected chi connectivity index (χ2v) is 13.4. The van der Waals surface area contributed by atoms with Gasteiger partial charge in [-0.05, 0) is 0 Å². The third-order valence-corrected chi connectivity index (χ3v) is 10.6. The van der Waals surface area contributed by atoms with Crippen molar-refractivity contribution in [1.82, 2.24) is 4.57 Å². The molecule has 0 atom stereocenters. The summed E-state index contributed by atoms with van der Waals surface area (Å²) >= 11 is -5.70. The van der Waals surface area contributed by atoms with Crippen molar-refractivity contribution in [3.63, 3.8) is 0 Å². The Hall–Kier alpha value is -3.85. The molecule has 37 heavy (non-hydrogen) atoms. The number of hydrogen-bond donors (Lipinski definition) is 0. The van der Waals surface area contributed by atoms with Crippen molar-refractivity contribution in [2.75, 3.05) is 0 Å². The van der Waals surface area contributed by atoms with Crippen LogP contribution in [0.3, 0.4) is 0 Å². The van der Waals surface area contributed by atoms with E-state index >= 15 is 5.72 Å². The van der Waals surface area contributed by atoms with Gasteiger partial charge in [-0.2, -0.15) is 0 Å². The van der Waals surface area contributed by atoms with Gasteiger partial charge in [0.05, 0.1) is 0 Å². The van der Waals surface area contributed by atoms with Crippen LogP contribution in [0.25, 0.3) is 27.5 Å². The molecule has 6 aromatic rings. The van der Waals surface area contributed by atoms with E-state index in [2.05, 4.69) is 19.8 Å². The number of ether oxygens (including phenoxy) is 1. The van der Waals surface area contributed by atoms with Gasteiger partial charge in [-0.3, -0.25) is 0 Å². The van der Waals surface area contributed by atoms with Crippen LogP contribution >= 0.6 is 19.4 Å². The molecule has 0 amide bonds. The molecule has 2 aliphatic heterocycles. The van der Waals surface area contributed by atoms with Gasteiger partial charge in [-0.1, -0.05) is 0 Å². The topological polar surface area (TPSA) is 26.5 Å². The fourth-order valence-electron chi connectivity index (χ4n) is 5.86. The Morgan fingerprint density at radius 2 is 1.46 bits per heavy atom. The summed E-state index contributed by atoms with van der Waals surface area (Å²) < 4.78 is 44.7. The Balaban J connectivity index is 1.53. The average molecular weight is 598 g/mol. The molecule has 0 saturated heterocycles. The van der Waals surface area contributed by atoms with E-state index in [1.807, 2.05) is 60.7 Å². The Kier molecular flexibility index (Phi) is 4.36. The zero-order valence-electron chi connectivity index (χ0n) is 19.4. The molecular formula is C30H18BF2IN2O. The summed E-state index contributed by atoms with van der Waals surface area (Å²) in [7, 11) is 0. The number of halogens is 3. The molecule has 3 heterocycles. The van der Waals surface area contributed by atoms with Gasteiger partial charge in [-0.25, -0.2) is 0 Å². The van der Waals surface area contributed by atoms with E-state index in [0.717, 1.165) is 55.4 Å². The van der Waals surface area contributed by atoms with Gasteiger partial charge >= 0.3 is 218 Å². The van der Waals surface area contributed by atoms with Crippen LogP contribution < -0.4 is 21.1 Å². The summed E-state index contributed by atoms with van der Waals surface area (Å²) in [6.45, 7) is -0.205. The van der Waals surface area contributed by atoms with Crippen LogP contribution in [0.4, 0.5) is 11.4 Å². The molecule has 178 valence electrons. The van der Waals surface area contributed by atoms with Crippen LogP contribution in [0.2, 0.25) is 0 Å². The van der Waals surface area contributed by atoms with Gasteiger partial charge in [-0.15, -0.1) is 0 Å². The molecule has 0 radical (unpaired) electrons. The minimum absolute atomic E-state index is 0.0612. The molecule has 8 rings (SSSR count). The number of hydrogen-bond acceptors (Lipinski definition) is 2. The quantitative estimate of drug-likeness (QED) is 0.153. The molecule has 0 unspecified atom stereocenters. The van der Waals surface area contributed by atoms with Gasteiger partial charge < -0.3 is 0 Å². The molecule has 0 aliphatic carbocycles. The van der Waals surface area contributed by atoms with Crippen LogP contribution in [-0.2, 0) is 0 Å². The summed E-state index contributed by atoms with van der Waals surface area (Å²) in [6, 6.07) is 34.0. The van der Waals surface area contributed by atoms with Gasteiger partial charge in [0.1, 0.15) is 0 Å². The third kappa shape index (κ3) is 2.97. The maximum atomic E-state index is 16.0. The predicted octanol–water partition coefficient (Wildman–Crippen LogP) is 7.22. The maximum absolute atomic E-state index is 16.0. The average Bonchev–Trinajstić information content (AvgIpc) is 3.26. The molecule has 1 aromatic heterocycles. The predicted molar refractivity (Wildman–Crippen MR) is 155 cm³/mol. The molecule has 2 aliphatic rings. The molecule has 0 spiro atoms. The van der Waals surface area contributed by atoms with Crippen molar-refractivity contribution in [3.05, 3.63) is 113 Å². The van der Waals surface area contributed by atoms with Crippen molar-refractivity contribution < 1.29 is 10.5 Å². The number of fused-ring (bicyclic) bond motifs is 7. The second kappa shape index (κ2) is 7.58. The summed E-state index contributed by atoms with van der Waals surface area (Å²) in [5.41, 5.74) is 6.22. The normalized spacial score (nSPS) is 13.7. The first-order valence-electron chi connectivity index (χ1n) is 12.0. The zero-order chi connectivity index (χ0) is 24.7. The fourth-order valence-corrected chi connectivity index (χ4v) is 8.56. The molecular weight excluding hydrogens is 580 g/mol. The van der Waals surface area contributed by atoms with E-state index in [-0.39, 0.29) is 10.3 Å². The Bertz CT molecular complexity index is 1960. The van der Waals surface area contributed by atoms with Crippen LogP contribution in [0.5, 0.6) is 11.5 Å². The van der Waals surface area contributed by atoms with Crippen molar-refractivity contribution in [2.24, 2.45) is 3.15 Å². The van der Waals surface area contributed by atoms with Crippen LogP contribution in [0, 0.1) is 3.57 Å². The van der Waals surface area contributed by atoms with Crippen molar-refractivity contribution in [2.45, 2.75) is 0 Å². The number of rotatable bonds is 2. The molecule has 7 heteroatoms. The SMILES string of the molecule is FI(F)(=Nc1ccccc1)c1cc2c3c(c1)c1ccccc1n3-c1cccc3c1B2c1ccccc1O3. The number of benzene rings is 5. The summed E-state index contributed by atoms with van der Waals surface area (Å²) in [4.78, 5) is 0. The van der Waals surface area contributed by atoms with Crippen LogP contribution in [0.15, 0.2) is 112 Å². The van der Waals surface area contributed by atoms with Crippen molar-refractivity contribution in [3.8, 4) is 17.2 Å².